The molecule has 1 amide bonds. The molecule has 0 spiro atoms. The van der Waals surface area contributed by atoms with Crippen LogP contribution >= 0.6 is 0 Å². The highest BCUT2D eigenvalue weighted by Crippen LogP contribution is 2.22. The molecule has 2 rings (SSSR count). The molecule has 0 atom stereocenters. The third-order valence-corrected chi connectivity index (χ3v) is 3.31. The minimum absolute atomic E-state index is 0.218. The number of ether oxygens (including phenoxy) is 1. The number of para-hydroxylation sites is 1. The highest BCUT2D eigenvalue weighted by molar-refractivity contribution is 5.97. The Morgan fingerprint density at radius 1 is 1.14 bits per heavy atom. The molecule has 2 N–H and O–H groups in total. The lowest BCUT2D eigenvalue weighted by molar-refractivity contribution is 0.0696. The Labute approximate surface area is 128 Å². The Morgan fingerprint density at radius 2 is 1.82 bits per heavy atom. The smallest absolute Gasteiger partial charge is 0.335 e. The second kappa shape index (κ2) is 6.76. The molecule has 0 radical (unpaired) electrons. The van der Waals surface area contributed by atoms with Gasteiger partial charge in [-0.2, -0.15) is 0 Å². The molecule has 5 nitrogen and oxygen atoms in total. The third-order valence-electron chi connectivity index (χ3n) is 3.31. The second-order valence-electron chi connectivity index (χ2n) is 4.84. The van der Waals surface area contributed by atoms with Crippen LogP contribution in [0, 0.1) is 6.92 Å². The summed E-state index contributed by atoms with van der Waals surface area (Å²) in [5.74, 6) is -0.649. The van der Waals surface area contributed by atoms with Crippen molar-refractivity contribution in [2.45, 2.75) is 13.5 Å². The van der Waals surface area contributed by atoms with Crippen molar-refractivity contribution >= 4 is 11.9 Å². The number of carboxylic acids is 1. The van der Waals surface area contributed by atoms with Crippen LogP contribution in [0.15, 0.2) is 42.5 Å². The van der Waals surface area contributed by atoms with Crippen LogP contribution in [0.2, 0.25) is 0 Å². The van der Waals surface area contributed by atoms with Gasteiger partial charge in [0.05, 0.1) is 18.2 Å². The Morgan fingerprint density at radius 3 is 2.41 bits per heavy atom. The molecule has 0 saturated heterocycles. The number of hydrogen-bond donors (Lipinski definition) is 2. The first kappa shape index (κ1) is 15.6. The van der Waals surface area contributed by atoms with E-state index in [9.17, 15) is 9.59 Å². The maximum atomic E-state index is 12.2. The van der Waals surface area contributed by atoms with Gasteiger partial charge in [-0.15, -0.1) is 0 Å². The molecular formula is C17H17NO4. The lowest BCUT2D eigenvalue weighted by atomic mass is 10.1. The van der Waals surface area contributed by atoms with Gasteiger partial charge in [-0.3, -0.25) is 4.79 Å². The summed E-state index contributed by atoms with van der Waals surface area (Å²) in [7, 11) is 1.53. The van der Waals surface area contributed by atoms with Gasteiger partial charge in [0, 0.05) is 6.54 Å². The summed E-state index contributed by atoms with van der Waals surface area (Å²) in [6.45, 7) is 2.19. The number of hydrogen-bond acceptors (Lipinski definition) is 3. The van der Waals surface area contributed by atoms with Crippen LogP contribution in [-0.4, -0.2) is 24.1 Å². The minimum atomic E-state index is -0.972. The lowest BCUT2D eigenvalue weighted by Crippen LogP contribution is -2.23. The quantitative estimate of drug-likeness (QED) is 0.890. The first-order chi connectivity index (χ1) is 10.5. The number of carbonyl (C=O) groups is 2. The van der Waals surface area contributed by atoms with Gasteiger partial charge in [-0.05, 0) is 36.2 Å². The van der Waals surface area contributed by atoms with Crippen molar-refractivity contribution in [3.63, 3.8) is 0 Å². The van der Waals surface area contributed by atoms with E-state index in [4.69, 9.17) is 9.84 Å². The van der Waals surface area contributed by atoms with Crippen molar-refractivity contribution < 1.29 is 19.4 Å². The van der Waals surface area contributed by atoms with E-state index >= 15 is 0 Å². The molecule has 0 saturated carbocycles. The zero-order chi connectivity index (χ0) is 16.1. The Hall–Kier alpha value is -2.82. The fourth-order valence-corrected chi connectivity index (χ4v) is 2.14. The molecule has 0 aliphatic heterocycles. The van der Waals surface area contributed by atoms with Crippen molar-refractivity contribution in [1.82, 2.24) is 5.32 Å². The summed E-state index contributed by atoms with van der Waals surface area (Å²) >= 11 is 0. The third kappa shape index (κ3) is 3.44. The minimum Gasteiger partial charge on any atom is -0.496 e. The van der Waals surface area contributed by atoms with E-state index in [1.54, 1.807) is 24.3 Å². The average molecular weight is 299 g/mol. The topological polar surface area (TPSA) is 75.6 Å². The zero-order valence-corrected chi connectivity index (χ0v) is 12.4. The van der Waals surface area contributed by atoms with Crippen molar-refractivity contribution in [2.24, 2.45) is 0 Å². The van der Waals surface area contributed by atoms with E-state index in [1.165, 1.54) is 19.2 Å². The molecule has 0 aliphatic rings. The highest BCUT2D eigenvalue weighted by atomic mass is 16.5. The number of aryl methyl sites for hydroxylation is 1. The Bertz CT molecular complexity index is 692. The summed E-state index contributed by atoms with van der Waals surface area (Å²) in [6, 6.07) is 11.8. The van der Waals surface area contributed by atoms with Crippen LogP contribution in [0.1, 0.15) is 31.8 Å². The predicted octanol–water partition coefficient (Wildman–Crippen LogP) is 2.63. The van der Waals surface area contributed by atoms with Crippen LogP contribution in [0.4, 0.5) is 0 Å². The van der Waals surface area contributed by atoms with Crippen molar-refractivity contribution in [2.75, 3.05) is 7.11 Å². The van der Waals surface area contributed by atoms with E-state index in [-0.39, 0.29) is 11.5 Å². The second-order valence-corrected chi connectivity index (χ2v) is 4.84. The lowest BCUT2D eigenvalue weighted by Gasteiger charge is -2.11. The van der Waals surface area contributed by atoms with Gasteiger partial charge < -0.3 is 15.2 Å². The number of aromatic carboxylic acids is 1. The molecule has 0 unspecified atom stereocenters. The number of amides is 1. The maximum absolute atomic E-state index is 12.2. The molecule has 0 aromatic heterocycles. The van der Waals surface area contributed by atoms with Gasteiger partial charge in [-0.1, -0.05) is 24.3 Å². The van der Waals surface area contributed by atoms with Gasteiger partial charge in [0.15, 0.2) is 0 Å². The number of carboxylic acid groups (broad SMARTS) is 1. The molecule has 0 bridgehead atoms. The fraction of sp³-hybridized carbons (Fsp3) is 0.176. The summed E-state index contributed by atoms with van der Waals surface area (Å²) in [6.07, 6.45) is 0. The number of benzene rings is 2. The maximum Gasteiger partial charge on any atom is 0.335 e. The predicted molar refractivity (Wildman–Crippen MR) is 82.3 cm³/mol. The van der Waals surface area contributed by atoms with Gasteiger partial charge in [0.25, 0.3) is 5.91 Å². The molecule has 0 aliphatic carbocycles. The first-order valence-electron chi connectivity index (χ1n) is 6.77. The van der Waals surface area contributed by atoms with Crippen LogP contribution in [-0.2, 0) is 6.54 Å². The van der Waals surface area contributed by atoms with E-state index in [0.717, 1.165) is 11.1 Å². The molecule has 114 valence electrons. The molecular weight excluding hydrogens is 282 g/mol. The van der Waals surface area contributed by atoms with Crippen LogP contribution < -0.4 is 10.1 Å². The van der Waals surface area contributed by atoms with Crippen LogP contribution in [0.25, 0.3) is 0 Å². The van der Waals surface area contributed by atoms with Crippen molar-refractivity contribution in [1.29, 1.82) is 0 Å². The monoisotopic (exact) mass is 299 g/mol. The fourth-order valence-electron chi connectivity index (χ4n) is 2.14. The van der Waals surface area contributed by atoms with Gasteiger partial charge in [0.2, 0.25) is 0 Å². The van der Waals surface area contributed by atoms with Gasteiger partial charge >= 0.3 is 5.97 Å². The largest absolute Gasteiger partial charge is 0.496 e. The SMILES string of the molecule is COc1c(C)cccc1C(=O)NCc1ccc(C(=O)O)cc1. The van der Waals surface area contributed by atoms with Gasteiger partial charge in [0.1, 0.15) is 5.75 Å². The normalized spacial score (nSPS) is 10.1. The van der Waals surface area contributed by atoms with Gasteiger partial charge in [-0.25, -0.2) is 4.79 Å². The Balaban J connectivity index is 2.07. The zero-order valence-electron chi connectivity index (χ0n) is 12.4. The Kier molecular flexibility index (Phi) is 4.78. The molecule has 0 fully saturated rings. The van der Waals surface area contributed by atoms with Crippen LogP contribution in [0.5, 0.6) is 5.75 Å². The number of carbonyl (C=O) groups excluding carboxylic acids is 1. The van der Waals surface area contributed by atoms with Crippen LogP contribution in [0.3, 0.4) is 0 Å². The molecule has 2 aromatic rings. The highest BCUT2D eigenvalue weighted by Gasteiger charge is 2.13. The molecule has 0 heterocycles. The van der Waals surface area contributed by atoms with E-state index in [0.29, 0.717) is 17.9 Å². The number of methoxy groups -OCH3 is 1. The average Bonchev–Trinajstić information content (AvgIpc) is 2.52. The first-order valence-corrected chi connectivity index (χ1v) is 6.77. The standard InChI is InChI=1S/C17H17NO4/c1-11-4-3-5-14(15(11)22-2)16(19)18-10-12-6-8-13(9-7-12)17(20)21/h3-9H,10H2,1-2H3,(H,18,19)(H,20,21). The van der Waals surface area contributed by atoms with E-state index in [2.05, 4.69) is 5.32 Å². The summed E-state index contributed by atoms with van der Waals surface area (Å²) in [5.41, 5.74) is 2.41. The van der Waals surface area contributed by atoms with Crippen molar-refractivity contribution in [3.05, 3.63) is 64.7 Å². The number of nitrogens with one attached hydrogen (secondary N) is 1. The van der Waals surface area contributed by atoms with E-state index in [1.807, 2.05) is 13.0 Å². The number of rotatable bonds is 5. The molecule has 2 aromatic carbocycles. The summed E-state index contributed by atoms with van der Waals surface area (Å²) < 4.78 is 5.27. The summed E-state index contributed by atoms with van der Waals surface area (Å²) in [4.78, 5) is 23.0. The molecule has 5 heteroatoms. The summed E-state index contributed by atoms with van der Waals surface area (Å²) in [5, 5.41) is 11.6. The van der Waals surface area contributed by atoms with Crippen molar-refractivity contribution in [3.8, 4) is 5.75 Å². The van der Waals surface area contributed by atoms with E-state index < -0.39 is 5.97 Å². The molecule has 22 heavy (non-hydrogen) atoms.